The zero-order chi connectivity index (χ0) is 12.3. The maximum atomic E-state index is 12.0. The Bertz CT molecular complexity index is 469. The molecule has 0 bridgehead atoms. The number of hydrogen-bond acceptors (Lipinski definition) is 4. The maximum Gasteiger partial charge on any atom is 0.236 e. The first kappa shape index (κ1) is 12.8. The highest BCUT2D eigenvalue weighted by Gasteiger charge is 2.27. The van der Waals surface area contributed by atoms with Gasteiger partial charge in [0.1, 0.15) is 5.82 Å². The van der Waals surface area contributed by atoms with Crippen LogP contribution in [0.25, 0.3) is 0 Å². The van der Waals surface area contributed by atoms with Gasteiger partial charge in [-0.25, -0.2) is 13.4 Å². The van der Waals surface area contributed by atoms with Gasteiger partial charge in [0.05, 0.1) is 5.25 Å². The van der Waals surface area contributed by atoms with Crippen molar-refractivity contribution in [1.29, 1.82) is 0 Å². The lowest BCUT2D eigenvalue weighted by molar-refractivity contribution is 0.0984. The standard InChI is InChI=1S/C10H13BrN2O3S/c11-8-1-2-10(12-7-8)13-17(14,15)9-3-5-16-6-4-9/h1-2,7,9H,3-6H2,(H,12,13). The molecule has 1 aliphatic rings. The van der Waals surface area contributed by atoms with E-state index in [1.54, 1.807) is 18.3 Å². The molecule has 2 rings (SSSR count). The van der Waals surface area contributed by atoms with Crippen LogP contribution in [-0.4, -0.2) is 31.9 Å². The van der Waals surface area contributed by atoms with Crippen molar-refractivity contribution in [3.8, 4) is 0 Å². The van der Waals surface area contributed by atoms with E-state index in [1.165, 1.54) is 0 Å². The lowest BCUT2D eigenvalue weighted by Gasteiger charge is -2.22. The molecule has 0 spiro atoms. The third kappa shape index (κ3) is 3.40. The van der Waals surface area contributed by atoms with Crippen LogP contribution in [0.1, 0.15) is 12.8 Å². The highest BCUT2D eigenvalue weighted by molar-refractivity contribution is 9.10. The Morgan fingerprint density at radius 1 is 1.35 bits per heavy atom. The largest absolute Gasteiger partial charge is 0.381 e. The van der Waals surface area contributed by atoms with Crippen molar-refractivity contribution in [3.63, 3.8) is 0 Å². The summed E-state index contributed by atoms with van der Waals surface area (Å²) < 4.78 is 32.5. The van der Waals surface area contributed by atoms with Crippen LogP contribution in [0.5, 0.6) is 0 Å². The van der Waals surface area contributed by atoms with Crippen molar-refractivity contribution >= 4 is 31.8 Å². The minimum Gasteiger partial charge on any atom is -0.381 e. The first-order valence-electron chi connectivity index (χ1n) is 5.29. The minimum atomic E-state index is -3.36. The van der Waals surface area contributed by atoms with E-state index >= 15 is 0 Å². The number of sulfonamides is 1. The summed E-state index contributed by atoms with van der Waals surface area (Å²) in [6, 6.07) is 3.37. The van der Waals surface area contributed by atoms with E-state index in [9.17, 15) is 8.42 Å². The van der Waals surface area contributed by atoms with Crippen molar-refractivity contribution in [2.45, 2.75) is 18.1 Å². The summed E-state index contributed by atoms with van der Waals surface area (Å²) in [5.41, 5.74) is 0. The van der Waals surface area contributed by atoms with E-state index in [1.807, 2.05) is 0 Å². The van der Waals surface area contributed by atoms with Crippen LogP contribution in [0.15, 0.2) is 22.8 Å². The maximum absolute atomic E-state index is 12.0. The monoisotopic (exact) mass is 320 g/mol. The normalized spacial score (nSPS) is 17.9. The Morgan fingerprint density at radius 3 is 2.65 bits per heavy atom. The Morgan fingerprint density at radius 2 is 2.06 bits per heavy atom. The Kier molecular flexibility index (Phi) is 4.01. The molecule has 1 aliphatic heterocycles. The van der Waals surface area contributed by atoms with E-state index < -0.39 is 10.0 Å². The van der Waals surface area contributed by atoms with Crippen molar-refractivity contribution in [3.05, 3.63) is 22.8 Å². The summed E-state index contributed by atoms with van der Waals surface area (Å²) in [6.45, 7) is 0.999. The third-order valence-corrected chi connectivity index (χ3v) is 4.89. The number of nitrogens with one attached hydrogen (secondary N) is 1. The fraction of sp³-hybridized carbons (Fsp3) is 0.500. The molecule has 0 radical (unpaired) electrons. The van der Waals surface area contributed by atoms with Crippen molar-refractivity contribution in [2.24, 2.45) is 0 Å². The van der Waals surface area contributed by atoms with Crippen LogP contribution in [-0.2, 0) is 14.8 Å². The summed E-state index contributed by atoms with van der Waals surface area (Å²) in [6.07, 6.45) is 2.62. The van der Waals surface area contributed by atoms with Crippen LogP contribution in [0.3, 0.4) is 0 Å². The fourth-order valence-electron chi connectivity index (χ4n) is 1.65. The quantitative estimate of drug-likeness (QED) is 0.921. The molecule has 0 aromatic carbocycles. The zero-order valence-electron chi connectivity index (χ0n) is 9.10. The topological polar surface area (TPSA) is 68.3 Å². The van der Waals surface area contributed by atoms with E-state index in [2.05, 4.69) is 25.6 Å². The summed E-state index contributed by atoms with van der Waals surface area (Å²) in [7, 11) is -3.36. The number of halogens is 1. The van der Waals surface area contributed by atoms with Gasteiger partial charge in [0.2, 0.25) is 10.0 Å². The number of ether oxygens (including phenoxy) is 1. The molecule has 1 aromatic heterocycles. The fourth-order valence-corrected chi connectivity index (χ4v) is 3.28. The van der Waals surface area contributed by atoms with E-state index in [4.69, 9.17) is 4.74 Å². The van der Waals surface area contributed by atoms with Gasteiger partial charge in [-0.1, -0.05) is 0 Å². The molecular weight excluding hydrogens is 308 g/mol. The highest BCUT2D eigenvalue weighted by Crippen LogP contribution is 2.19. The average molecular weight is 321 g/mol. The molecule has 17 heavy (non-hydrogen) atoms. The molecule has 7 heteroatoms. The predicted octanol–water partition coefficient (Wildman–Crippen LogP) is 1.76. The highest BCUT2D eigenvalue weighted by atomic mass is 79.9. The number of rotatable bonds is 3. The molecular formula is C10H13BrN2O3S. The molecule has 0 unspecified atom stereocenters. The van der Waals surface area contributed by atoms with Gasteiger partial charge in [-0.05, 0) is 40.9 Å². The first-order chi connectivity index (χ1) is 8.08. The van der Waals surface area contributed by atoms with E-state index in [0.29, 0.717) is 31.9 Å². The van der Waals surface area contributed by atoms with Gasteiger partial charge in [0.25, 0.3) is 0 Å². The van der Waals surface area contributed by atoms with Crippen LogP contribution < -0.4 is 4.72 Å². The van der Waals surface area contributed by atoms with Crippen LogP contribution >= 0.6 is 15.9 Å². The Hall–Kier alpha value is -0.660. The molecule has 0 amide bonds. The SMILES string of the molecule is O=S(=O)(Nc1ccc(Br)cn1)C1CCOCC1. The van der Waals surface area contributed by atoms with Gasteiger partial charge in [0, 0.05) is 23.9 Å². The molecule has 94 valence electrons. The molecule has 1 saturated heterocycles. The smallest absolute Gasteiger partial charge is 0.236 e. The second kappa shape index (κ2) is 5.32. The molecule has 1 fully saturated rings. The van der Waals surface area contributed by atoms with Gasteiger partial charge in [-0.15, -0.1) is 0 Å². The van der Waals surface area contributed by atoms with Gasteiger partial charge in [0.15, 0.2) is 0 Å². The van der Waals surface area contributed by atoms with Crippen LogP contribution in [0.4, 0.5) is 5.82 Å². The van der Waals surface area contributed by atoms with Crippen molar-refractivity contribution < 1.29 is 13.2 Å². The second-order valence-electron chi connectivity index (χ2n) is 3.82. The minimum absolute atomic E-state index is 0.347. The summed E-state index contributed by atoms with van der Waals surface area (Å²) >= 11 is 3.25. The van der Waals surface area contributed by atoms with Gasteiger partial charge >= 0.3 is 0 Å². The lowest BCUT2D eigenvalue weighted by Crippen LogP contribution is -2.33. The predicted molar refractivity (Wildman–Crippen MR) is 68.3 cm³/mol. The van der Waals surface area contributed by atoms with Crippen molar-refractivity contribution in [1.82, 2.24) is 4.98 Å². The summed E-state index contributed by atoms with van der Waals surface area (Å²) in [4.78, 5) is 3.99. The molecule has 0 atom stereocenters. The Balaban J connectivity index is 2.08. The summed E-state index contributed by atoms with van der Waals surface area (Å²) in [5.74, 6) is 0.347. The third-order valence-electron chi connectivity index (χ3n) is 2.58. The van der Waals surface area contributed by atoms with Crippen LogP contribution in [0, 0.1) is 0 Å². The van der Waals surface area contributed by atoms with Gasteiger partial charge in [-0.3, -0.25) is 4.72 Å². The molecule has 1 aromatic rings. The zero-order valence-corrected chi connectivity index (χ0v) is 11.5. The number of pyridine rings is 1. The molecule has 0 saturated carbocycles. The van der Waals surface area contributed by atoms with E-state index in [-0.39, 0.29) is 5.25 Å². The number of nitrogens with zero attached hydrogens (tertiary/aromatic N) is 1. The van der Waals surface area contributed by atoms with Gasteiger partial charge < -0.3 is 4.74 Å². The first-order valence-corrected chi connectivity index (χ1v) is 7.63. The molecule has 2 heterocycles. The average Bonchev–Trinajstić information content (AvgIpc) is 2.33. The molecule has 0 aliphatic carbocycles. The van der Waals surface area contributed by atoms with E-state index in [0.717, 1.165) is 4.47 Å². The van der Waals surface area contributed by atoms with Crippen LogP contribution in [0.2, 0.25) is 0 Å². The number of anilines is 1. The Labute approximate surface area is 109 Å². The molecule has 1 N–H and O–H groups in total. The lowest BCUT2D eigenvalue weighted by atomic mass is 10.2. The van der Waals surface area contributed by atoms with Crippen molar-refractivity contribution in [2.75, 3.05) is 17.9 Å². The second-order valence-corrected chi connectivity index (χ2v) is 6.70. The number of hydrogen-bond donors (Lipinski definition) is 1. The van der Waals surface area contributed by atoms with Gasteiger partial charge in [-0.2, -0.15) is 0 Å². The number of aromatic nitrogens is 1. The summed E-state index contributed by atoms with van der Waals surface area (Å²) in [5, 5.41) is -0.387. The molecule has 5 nitrogen and oxygen atoms in total.